The van der Waals surface area contributed by atoms with Crippen LogP contribution in [0.4, 0.5) is 22.7 Å². The maximum atomic E-state index is 2.51. The van der Waals surface area contributed by atoms with Gasteiger partial charge in [-0.25, -0.2) is 0 Å². The highest BCUT2D eigenvalue weighted by Gasteiger charge is 2.20. The lowest BCUT2D eigenvalue weighted by molar-refractivity contribution is 0.665. The van der Waals surface area contributed by atoms with Crippen molar-refractivity contribution < 1.29 is 0 Å². The second kappa shape index (κ2) is 13.0. The van der Waals surface area contributed by atoms with E-state index in [1.807, 2.05) is 0 Å². The highest BCUT2D eigenvalue weighted by Crippen LogP contribution is 2.38. The van der Waals surface area contributed by atoms with Crippen LogP contribution in [-0.4, -0.2) is 18.7 Å². The van der Waals surface area contributed by atoms with Gasteiger partial charge in [-0.3, -0.25) is 0 Å². The van der Waals surface area contributed by atoms with Gasteiger partial charge in [0.15, 0.2) is 0 Å². The molecule has 0 aliphatic heterocycles. The predicted molar refractivity (Wildman–Crippen MR) is 197 cm³/mol. The third kappa shape index (κ3) is 5.65. The van der Waals surface area contributed by atoms with Crippen molar-refractivity contribution in [3.8, 4) is 0 Å². The Morgan fingerprint density at radius 3 is 1.48 bits per heavy atom. The monoisotopic (exact) mass is 599 g/mol. The van der Waals surface area contributed by atoms with Crippen LogP contribution in [0.3, 0.4) is 0 Å². The molecule has 1 aromatic heterocycles. The Labute approximate surface area is 273 Å². The number of unbranched alkanes of at least 4 members (excludes halogenated alkanes) is 1. The molecule has 7 rings (SSSR count). The average Bonchev–Trinajstić information content (AvgIpc) is 3.44. The molecule has 0 saturated carbocycles. The van der Waals surface area contributed by atoms with Crippen LogP contribution in [-0.2, 0) is 6.54 Å². The topological polar surface area (TPSA) is 11.4 Å². The third-order valence-electron chi connectivity index (χ3n) is 9.38. The second-order valence-corrected chi connectivity index (χ2v) is 12.2. The van der Waals surface area contributed by atoms with E-state index in [-0.39, 0.29) is 5.92 Å². The summed E-state index contributed by atoms with van der Waals surface area (Å²) in [6.07, 6.45) is 2.35. The molecule has 0 spiro atoms. The van der Waals surface area contributed by atoms with Crippen LogP contribution in [0.2, 0.25) is 0 Å². The number of anilines is 4. The number of aromatic nitrogens is 1. The van der Waals surface area contributed by atoms with Gasteiger partial charge in [0, 0.05) is 71.1 Å². The molecule has 0 N–H and O–H groups in total. The number of hydrogen-bond donors (Lipinski definition) is 0. The van der Waals surface area contributed by atoms with E-state index in [9.17, 15) is 0 Å². The Balaban J connectivity index is 1.32. The van der Waals surface area contributed by atoms with Gasteiger partial charge in [-0.15, -0.1) is 0 Å². The Kier molecular flexibility index (Phi) is 8.31. The first kappa shape index (κ1) is 29.4. The molecule has 6 aromatic carbocycles. The molecule has 46 heavy (non-hydrogen) atoms. The SMILES string of the molecule is CCCCn1c2ccccc2c2cc(C(c3ccc(N(C)c4ccccc4)cc3)c3ccc(N(C)c4ccccc4)cc3)ccc21. The summed E-state index contributed by atoms with van der Waals surface area (Å²) in [4.78, 5) is 4.48. The van der Waals surface area contributed by atoms with Gasteiger partial charge in [-0.2, -0.15) is 0 Å². The third-order valence-corrected chi connectivity index (χ3v) is 9.38. The van der Waals surface area contributed by atoms with Crippen LogP contribution >= 0.6 is 0 Å². The molecule has 0 saturated heterocycles. The van der Waals surface area contributed by atoms with Crippen molar-refractivity contribution in [2.45, 2.75) is 32.2 Å². The van der Waals surface area contributed by atoms with Crippen LogP contribution in [0.25, 0.3) is 21.8 Å². The minimum atomic E-state index is 0.0920. The zero-order chi connectivity index (χ0) is 31.5. The molecule has 3 heteroatoms. The van der Waals surface area contributed by atoms with Crippen LogP contribution in [0, 0.1) is 0 Å². The zero-order valence-corrected chi connectivity index (χ0v) is 27.0. The van der Waals surface area contributed by atoms with Crippen LogP contribution < -0.4 is 9.80 Å². The first-order chi connectivity index (χ1) is 22.6. The molecule has 228 valence electrons. The number of aryl methyl sites for hydroxylation is 1. The molecule has 0 radical (unpaired) electrons. The fourth-order valence-electron chi connectivity index (χ4n) is 6.77. The Morgan fingerprint density at radius 2 is 0.935 bits per heavy atom. The summed E-state index contributed by atoms with van der Waals surface area (Å²) in [5, 5.41) is 2.66. The maximum Gasteiger partial charge on any atom is 0.0491 e. The van der Waals surface area contributed by atoms with Crippen molar-refractivity contribution in [1.82, 2.24) is 4.57 Å². The van der Waals surface area contributed by atoms with E-state index < -0.39 is 0 Å². The summed E-state index contributed by atoms with van der Waals surface area (Å²) in [6, 6.07) is 55.3. The van der Waals surface area contributed by atoms with Gasteiger partial charge in [-0.1, -0.05) is 98.3 Å². The molecule has 0 atom stereocenters. The van der Waals surface area contributed by atoms with Crippen LogP contribution in [0.5, 0.6) is 0 Å². The zero-order valence-electron chi connectivity index (χ0n) is 27.0. The van der Waals surface area contributed by atoms with Gasteiger partial charge >= 0.3 is 0 Å². The summed E-state index contributed by atoms with van der Waals surface area (Å²) in [5.74, 6) is 0.0920. The first-order valence-electron chi connectivity index (χ1n) is 16.4. The smallest absolute Gasteiger partial charge is 0.0491 e. The second-order valence-electron chi connectivity index (χ2n) is 12.2. The van der Waals surface area contributed by atoms with Gasteiger partial charge < -0.3 is 14.4 Å². The lowest BCUT2D eigenvalue weighted by atomic mass is 9.84. The van der Waals surface area contributed by atoms with Crippen molar-refractivity contribution in [3.05, 3.63) is 168 Å². The number of hydrogen-bond acceptors (Lipinski definition) is 2. The van der Waals surface area contributed by atoms with Crippen molar-refractivity contribution in [1.29, 1.82) is 0 Å². The standard InChI is InChI=1S/C43H41N3/c1-4-5-30-46-41-19-13-12-18-39(41)40-31-34(24-29-42(40)46)43(32-20-25-37(26-21-32)44(2)35-14-8-6-9-15-35)33-22-27-38(28-23-33)45(3)36-16-10-7-11-17-36/h6-29,31,43H,4-5,30H2,1-3H3. The highest BCUT2D eigenvalue weighted by molar-refractivity contribution is 6.08. The van der Waals surface area contributed by atoms with Crippen molar-refractivity contribution in [2.24, 2.45) is 0 Å². The van der Waals surface area contributed by atoms with Gasteiger partial charge in [0.25, 0.3) is 0 Å². The van der Waals surface area contributed by atoms with E-state index in [4.69, 9.17) is 0 Å². The summed E-state index contributed by atoms with van der Waals surface area (Å²) >= 11 is 0. The fraction of sp³-hybridized carbons (Fsp3) is 0.163. The van der Waals surface area contributed by atoms with Crippen molar-refractivity contribution in [3.63, 3.8) is 0 Å². The molecule has 1 heterocycles. The van der Waals surface area contributed by atoms with E-state index >= 15 is 0 Å². The Bertz CT molecular complexity index is 1950. The molecule has 0 unspecified atom stereocenters. The minimum absolute atomic E-state index is 0.0920. The quantitative estimate of drug-likeness (QED) is 0.145. The number of fused-ring (bicyclic) bond motifs is 3. The van der Waals surface area contributed by atoms with Crippen LogP contribution in [0.1, 0.15) is 42.4 Å². The summed E-state index contributed by atoms with van der Waals surface area (Å²) < 4.78 is 2.51. The molecular weight excluding hydrogens is 558 g/mol. The molecule has 3 nitrogen and oxygen atoms in total. The summed E-state index contributed by atoms with van der Waals surface area (Å²) in [5.41, 5.74) is 11.2. The van der Waals surface area contributed by atoms with E-state index in [1.165, 1.54) is 74.1 Å². The maximum absolute atomic E-state index is 2.51. The molecule has 0 aliphatic rings. The number of benzene rings is 6. The van der Waals surface area contributed by atoms with Gasteiger partial charge in [0.1, 0.15) is 0 Å². The molecule has 0 fully saturated rings. The lowest BCUT2D eigenvalue weighted by Crippen LogP contribution is -2.10. The molecular formula is C43H41N3. The Morgan fingerprint density at radius 1 is 0.478 bits per heavy atom. The van der Waals surface area contributed by atoms with E-state index in [2.05, 4.69) is 187 Å². The van der Waals surface area contributed by atoms with Gasteiger partial charge in [0.2, 0.25) is 0 Å². The van der Waals surface area contributed by atoms with Gasteiger partial charge in [-0.05, 0) is 89.8 Å². The average molecular weight is 600 g/mol. The van der Waals surface area contributed by atoms with Crippen molar-refractivity contribution in [2.75, 3.05) is 23.9 Å². The highest BCUT2D eigenvalue weighted by atomic mass is 15.1. The van der Waals surface area contributed by atoms with E-state index in [1.54, 1.807) is 0 Å². The van der Waals surface area contributed by atoms with Gasteiger partial charge in [0.05, 0.1) is 0 Å². The molecule has 0 aliphatic carbocycles. The largest absolute Gasteiger partial charge is 0.345 e. The molecule has 0 bridgehead atoms. The van der Waals surface area contributed by atoms with E-state index in [0.29, 0.717) is 0 Å². The predicted octanol–water partition coefficient (Wildman–Crippen LogP) is 11.3. The number of para-hydroxylation sites is 3. The van der Waals surface area contributed by atoms with Crippen molar-refractivity contribution >= 4 is 44.6 Å². The van der Waals surface area contributed by atoms with E-state index in [0.717, 1.165) is 6.54 Å². The van der Waals surface area contributed by atoms with Crippen LogP contribution in [0.15, 0.2) is 152 Å². The number of rotatable bonds is 10. The molecule has 7 aromatic rings. The minimum Gasteiger partial charge on any atom is -0.345 e. The summed E-state index contributed by atoms with van der Waals surface area (Å²) in [7, 11) is 4.26. The summed E-state index contributed by atoms with van der Waals surface area (Å²) in [6.45, 7) is 3.30. The molecule has 0 amide bonds. The fourth-order valence-corrected chi connectivity index (χ4v) is 6.77. The Hall–Kier alpha value is -5.28. The normalized spacial score (nSPS) is 11.4. The lowest BCUT2D eigenvalue weighted by Gasteiger charge is -2.24. The first-order valence-corrected chi connectivity index (χ1v) is 16.4. The number of nitrogens with zero attached hydrogens (tertiary/aromatic N) is 3.